The van der Waals surface area contributed by atoms with E-state index in [1.807, 2.05) is 0 Å². The van der Waals surface area contributed by atoms with E-state index in [4.69, 9.17) is 11.6 Å². The second-order valence-electron chi connectivity index (χ2n) is 2.21. The average Bonchev–Trinajstić information content (AvgIpc) is 2.49. The first-order valence-corrected chi connectivity index (χ1v) is 4.47. The molecule has 1 aromatic rings. The first-order chi connectivity index (χ1) is 6.29. The van der Waals surface area contributed by atoms with Crippen LogP contribution in [-0.4, -0.2) is 16.4 Å². The molecular formula is C5H2ClF5N2S. The molecule has 2 nitrogen and oxygen atoms in total. The van der Waals surface area contributed by atoms with Gasteiger partial charge in [-0.25, -0.2) is 0 Å². The number of halogens is 6. The van der Waals surface area contributed by atoms with Gasteiger partial charge in [0.1, 0.15) is 5.01 Å². The Hall–Kier alpha value is -0.500. The molecule has 0 spiro atoms. The van der Waals surface area contributed by atoms with Gasteiger partial charge >= 0.3 is 12.1 Å². The first kappa shape index (κ1) is 11.6. The molecule has 0 unspecified atom stereocenters. The molecule has 0 amide bonds. The van der Waals surface area contributed by atoms with E-state index in [9.17, 15) is 22.0 Å². The summed E-state index contributed by atoms with van der Waals surface area (Å²) in [5.74, 6) is -5.21. The minimum absolute atomic E-state index is 0.0782. The Labute approximate surface area is 83.7 Å². The summed E-state index contributed by atoms with van der Waals surface area (Å²) in [6.07, 6.45) is -5.66. The lowest BCUT2D eigenvalue weighted by Crippen LogP contribution is -2.33. The lowest BCUT2D eigenvalue weighted by molar-refractivity contribution is -0.289. The number of alkyl halides is 6. The van der Waals surface area contributed by atoms with E-state index in [0.29, 0.717) is 0 Å². The topological polar surface area (TPSA) is 25.8 Å². The van der Waals surface area contributed by atoms with Crippen molar-refractivity contribution in [1.29, 1.82) is 0 Å². The first-order valence-electron chi connectivity index (χ1n) is 3.12. The van der Waals surface area contributed by atoms with Gasteiger partial charge < -0.3 is 0 Å². The third-order valence-electron chi connectivity index (χ3n) is 1.21. The average molecular weight is 253 g/mol. The van der Waals surface area contributed by atoms with Gasteiger partial charge in [0.25, 0.3) is 0 Å². The van der Waals surface area contributed by atoms with Crippen LogP contribution < -0.4 is 0 Å². The van der Waals surface area contributed by atoms with Crippen LogP contribution in [0.4, 0.5) is 22.0 Å². The predicted molar refractivity (Wildman–Crippen MR) is 39.4 cm³/mol. The van der Waals surface area contributed by atoms with Gasteiger partial charge in [-0.2, -0.15) is 22.0 Å². The van der Waals surface area contributed by atoms with Crippen molar-refractivity contribution in [3.63, 3.8) is 0 Å². The molecule has 0 aliphatic rings. The van der Waals surface area contributed by atoms with Crippen molar-refractivity contribution in [1.82, 2.24) is 10.2 Å². The van der Waals surface area contributed by atoms with Crippen LogP contribution in [0.5, 0.6) is 0 Å². The van der Waals surface area contributed by atoms with Gasteiger partial charge in [0.15, 0.2) is 5.01 Å². The van der Waals surface area contributed by atoms with Crippen LogP contribution in [0.2, 0.25) is 0 Å². The lowest BCUT2D eigenvalue weighted by atomic mass is 10.3. The molecule has 0 saturated heterocycles. The van der Waals surface area contributed by atoms with E-state index in [1.54, 1.807) is 0 Å². The fourth-order valence-electron chi connectivity index (χ4n) is 0.556. The molecule has 9 heteroatoms. The zero-order chi connectivity index (χ0) is 11.0. The summed E-state index contributed by atoms with van der Waals surface area (Å²) in [6.45, 7) is 0. The van der Waals surface area contributed by atoms with E-state index >= 15 is 0 Å². The summed E-state index contributed by atoms with van der Waals surface area (Å²) in [6, 6.07) is 0. The molecule has 0 fully saturated rings. The molecule has 14 heavy (non-hydrogen) atoms. The Morgan fingerprint density at radius 1 is 1.14 bits per heavy atom. The van der Waals surface area contributed by atoms with Crippen molar-refractivity contribution < 1.29 is 22.0 Å². The Morgan fingerprint density at radius 3 is 2.07 bits per heavy atom. The Kier molecular flexibility index (Phi) is 2.96. The van der Waals surface area contributed by atoms with Crippen LogP contribution in [0.25, 0.3) is 0 Å². The van der Waals surface area contributed by atoms with Crippen molar-refractivity contribution in [2.75, 3.05) is 0 Å². The summed E-state index contributed by atoms with van der Waals surface area (Å²) < 4.78 is 60.5. The number of hydrogen-bond donors (Lipinski definition) is 0. The summed E-state index contributed by atoms with van der Waals surface area (Å²) >= 11 is 5.33. The van der Waals surface area contributed by atoms with Gasteiger partial charge in [-0.05, 0) is 0 Å². The fourth-order valence-corrected chi connectivity index (χ4v) is 1.46. The molecule has 0 saturated carbocycles. The molecule has 0 aliphatic carbocycles. The Morgan fingerprint density at radius 2 is 1.71 bits per heavy atom. The maximum absolute atomic E-state index is 12.6. The quantitative estimate of drug-likeness (QED) is 0.597. The summed E-state index contributed by atoms with van der Waals surface area (Å²) in [7, 11) is 0. The molecule has 0 radical (unpaired) electrons. The zero-order valence-electron chi connectivity index (χ0n) is 6.28. The smallest absolute Gasteiger partial charge is 0.188 e. The van der Waals surface area contributed by atoms with E-state index in [1.165, 1.54) is 0 Å². The van der Waals surface area contributed by atoms with Crippen molar-refractivity contribution in [3.8, 4) is 0 Å². The third kappa shape index (κ3) is 1.95. The second kappa shape index (κ2) is 3.58. The van der Waals surface area contributed by atoms with Crippen LogP contribution in [0.1, 0.15) is 10.0 Å². The summed E-state index contributed by atoms with van der Waals surface area (Å²) in [5.41, 5.74) is 0. The van der Waals surface area contributed by atoms with E-state index < -0.39 is 17.1 Å². The van der Waals surface area contributed by atoms with Gasteiger partial charge in [-0.3, -0.25) is 0 Å². The molecule has 0 aromatic carbocycles. The van der Waals surface area contributed by atoms with Crippen LogP contribution in [0, 0.1) is 0 Å². The van der Waals surface area contributed by atoms with E-state index in [2.05, 4.69) is 10.2 Å². The molecule has 1 rings (SSSR count). The van der Waals surface area contributed by atoms with E-state index in [0.717, 1.165) is 0 Å². The van der Waals surface area contributed by atoms with Crippen LogP contribution in [0.15, 0.2) is 0 Å². The number of aromatic nitrogens is 2. The van der Waals surface area contributed by atoms with E-state index in [-0.39, 0.29) is 22.2 Å². The highest BCUT2D eigenvalue weighted by Crippen LogP contribution is 2.44. The monoisotopic (exact) mass is 252 g/mol. The molecule has 1 heterocycles. The largest absolute Gasteiger partial charge is 0.460 e. The second-order valence-corrected chi connectivity index (χ2v) is 3.54. The summed E-state index contributed by atoms with van der Waals surface area (Å²) in [4.78, 5) is 0. The van der Waals surface area contributed by atoms with Gasteiger partial charge in [0, 0.05) is 0 Å². The molecule has 80 valence electrons. The van der Waals surface area contributed by atoms with Crippen LogP contribution in [0.3, 0.4) is 0 Å². The van der Waals surface area contributed by atoms with Crippen molar-refractivity contribution in [2.24, 2.45) is 0 Å². The molecule has 1 aromatic heterocycles. The van der Waals surface area contributed by atoms with Gasteiger partial charge in [0.05, 0.1) is 5.88 Å². The molecular weight excluding hydrogens is 251 g/mol. The van der Waals surface area contributed by atoms with Crippen LogP contribution >= 0.6 is 22.9 Å². The van der Waals surface area contributed by atoms with Gasteiger partial charge in [-0.15, -0.1) is 21.8 Å². The SMILES string of the molecule is FC(F)(F)C(F)(F)c1nnc(CCl)s1. The fraction of sp³-hybridized carbons (Fsp3) is 0.600. The minimum atomic E-state index is -5.66. The van der Waals surface area contributed by atoms with Crippen molar-refractivity contribution in [3.05, 3.63) is 10.0 Å². The summed E-state index contributed by atoms with van der Waals surface area (Å²) in [5, 5.41) is 4.34. The molecule has 0 bridgehead atoms. The highest BCUT2D eigenvalue weighted by atomic mass is 35.5. The van der Waals surface area contributed by atoms with Crippen molar-refractivity contribution >= 4 is 22.9 Å². The van der Waals surface area contributed by atoms with Crippen molar-refractivity contribution in [2.45, 2.75) is 18.0 Å². The van der Waals surface area contributed by atoms with Gasteiger partial charge in [0.2, 0.25) is 0 Å². The minimum Gasteiger partial charge on any atom is -0.188 e. The maximum Gasteiger partial charge on any atom is 0.460 e. The Bertz CT molecular complexity index is 322. The normalized spacial score (nSPS) is 13.3. The maximum atomic E-state index is 12.6. The highest BCUT2D eigenvalue weighted by Gasteiger charge is 2.61. The highest BCUT2D eigenvalue weighted by molar-refractivity contribution is 7.11. The molecule has 0 aliphatic heterocycles. The predicted octanol–water partition coefficient (Wildman–Crippen LogP) is 2.93. The number of nitrogens with zero attached hydrogens (tertiary/aromatic N) is 2. The number of hydrogen-bond acceptors (Lipinski definition) is 3. The van der Waals surface area contributed by atoms with Gasteiger partial charge in [-0.1, -0.05) is 11.3 Å². The standard InChI is InChI=1S/C5H2ClF5N2S/c6-1-2-12-13-3(14-2)4(7,8)5(9,10)11/h1H2. The molecule has 0 atom stereocenters. The molecule has 0 N–H and O–H groups in total. The third-order valence-corrected chi connectivity index (χ3v) is 2.61. The van der Waals surface area contributed by atoms with Crippen LogP contribution in [-0.2, 0) is 11.8 Å². The zero-order valence-corrected chi connectivity index (χ0v) is 7.85. The number of rotatable bonds is 2. The Balaban J connectivity index is 3.04. The lowest BCUT2D eigenvalue weighted by Gasteiger charge is -2.15.